The number of amides is 4. The topological polar surface area (TPSA) is 162 Å². The SMILES string of the molecule is CC[C@@H]1[C@H](F)C(=O)N[C@@H]1COc1ncc(C#CC2CCC(CN(C)CCCCCc3ccccc3Oc3cccc4c3C(=O)NC(=O)C4)CC2)c2cc(C(N)=O)c(OC)cc12. The monoisotopic (exact) mass is 831 g/mol. The van der Waals surface area contributed by atoms with E-state index in [1.54, 1.807) is 30.5 Å². The summed E-state index contributed by atoms with van der Waals surface area (Å²) >= 11 is 0. The minimum Gasteiger partial charge on any atom is -0.496 e. The second kappa shape index (κ2) is 19.6. The smallest absolute Gasteiger partial charge is 0.261 e. The van der Waals surface area contributed by atoms with Crippen LogP contribution in [0.25, 0.3) is 10.8 Å². The van der Waals surface area contributed by atoms with Crippen molar-refractivity contribution in [1.82, 2.24) is 20.5 Å². The van der Waals surface area contributed by atoms with E-state index in [0.717, 1.165) is 75.8 Å². The number of alkyl halides is 1. The first kappa shape index (κ1) is 43.1. The molecule has 3 aromatic carbocycles. The number of benzene rings is 3. The molecule has 61 heavy (non-hydrogen) atoms. The van der Waals surface area contributed by atoms with Gasteiger partial charge in [0.15, 0.2) is 6.17 Å². The van der Waals surface area contributed by atoms with Crippen LogP contribution in [0.4, 0.5) is 4.39 Å². The number of nitrogens with two attached hydrogens (primary N) is 1. The summed E-state index contributed by atoms with van der Waals surface area (Å²) in [5.41, 5.74) is 8.75. The van der Waals surface area contributed by atoms with Crippen LogP contribution < -0.4 is 30.6 Å². The van der Waals surface area contributed by atoms with E-state index < -0.39 is 35.9 Å². The minimum atomic E-state index is -1.58. The quantitative estimate of drug-likeness (QED) is 0.0635. The van der Waals surface area contributed by atoms with E-state index in [2.05, 4.69) is 45.5 Å². The number of carbonyl (C=O) groups excluding carboxylic acids is 4. The van der Waals surface area contributed by atoms with Gasteiger partial charge in [-0.2, -0.15) is 0 Å². The van der Waals surface area contributed by atoms with Crippen LogP contribution >= 0.6 is 0 Å². The molecule has 3 heterocycles. The summed E-state index contributed by atoms with van der Waals surface area (Å²) in [6.07, 6.45) is 8.90. The van der Waals surface area contributed by atoms with Crippen LogP contribution in [0.15, 0.2) is 60.8 Å². The summed E-state index contributed by atoms with van der Waals surface area (Å²) in [6.45, 7) is 3.94. The van der Waals surface area contributed by atoms with Crippen molar-refractivity contribution in [2.45, 2.75) is 83.3 Å². The molecule has 1 aromatic heterocycles. The molecule has 4 N–H and O–H groups in total. The van der Waals surface area contributed by atoms with Crippen molar-refractivity contribution in [2.24, 2.45) is 23.5 Å². The molecule has 320 valence electrons. The van der Waals surface area contributed by atoms with Gasteiger partial charge in [-0.05, 0) is 106 Å². The molecule has 0 bridgehead atoms. The highest BCUT2D eigenvalue weighted by Crippen LogP contribution is 2.35. The van der Waals surface area contributed by atoms with Gasteiger partial charge in [-0.25, -0.2) is 9.37 Å². The molecule has 4 aromatic rings. The van der Waals surface area contributed by atoms with Gasteiger partial charge in [0.1, 0.15) is 23.9 Å². The Morgan fingerprint density at radius 3 is 2.54 bits per heavy atom. The van der Waals surface area contributed by atoms with Crippen molar-refractivity contribution in [1.29, 1.82) is 0 Å². The van der Waals surface area contributed by atoms with Crippen molar-refractivity contribution in [3.63, 3.8) is 0 Å². The third-order valence-corrected chi connectivity index (χ3v) is 12.2. The van der Waals surface area contributed by atoms with E-state index in [4.69, 9.17) is 19.9 Å². The third kappa shape index (κ3) is 10.1. The van der Waals surface area contributed by atoms with Crippen LogP contribution in [0.5, 0.6) is 23.1 Å². The summed E-state index contributed by atoms with van der Waals surface area (Å²) in [5, 5.41) is 6.31. The van der Waals surface area contributed by atoms with E-state index in [-0.39, 0.29) is 42.0 Å². The van der Waals surface area contributed by atoms with Gasteiger partial charge in [0.25, 0.3) is 17.7 Å². The molecular weight excluding hydrogens is 778 g/mol. The fourth-order valence-corrected chi connectivity index (χ4v) is 8.89. The average Bonchev–Trinajstić information content (AvgIpc) is 3.53. The van der Waals surface area contributed by atoms with Crippen molar-refractivity contribution in [3.8, 4) is 35.0 Å². The standard InChI is InChI=1S/C48H54FN5O7/c1-4-34-38(52-47(58)44(34)49)28-60-48-36-25-41(59-3)37(45(50)56)24-35(36)33(26-51-48)21-20-29-16-18-30(19-17-29)27-54(2)22-9-5-6-11-31-12-7-8-14-39(31)61-40-15-10-13-32-23-42(55)53-46(57)43(32)40/h7-8,10,12-15,24-26,29-30,34,38,44H,4-6,9,11,16-19,22-23,27-28H2,1-3H3,(H2,50,56)(H,52,58)(H,53,55,57)/t29?,30?,34-,38+,44-/m0/s1. The molecule has 3 aliphatic rings. The summed E-state index contributed by atoms with van der Waals surface area (Å²) < 4.78 is 32.3. The number of aromatic nitrogens is 1. The Hall–Kier alpha value is -6.00. The first-order valence-electron chi connectivity index (χ1n) is 21.3. The average molecular weight is 832 g/mol. The number of aryl methyl sites for hydroxylation is 1. The van der Waals surface area contributed by atoms with Gasteiger partial charge < -0.3 is 30.2 Å². The van der Waals surface area contributed by atoms with E-state index in [1.807, 2.05) is 31.2 Å². The maximum absolute atomic E-state index is 14.4. The fourth-order valence-electron chi connectivity index (χ4n) is 8.89. The molecule has 0 unspecified atom stereocenters. The molecule has 12 nitrogen and oxygen atoms in total. The predicted octanol–water partition coefficient (Wildman–Crippen LogP) is 6.69. The van der Waals surface area contributed by atoms with Gasteiger partial charge in [-0.1, -0.05) is 55.5 Å². The molecule has 1 saturated carbocycles. The van der Waals surface area contributed by atoms with Gasteiger partial charge in [-0.3, -0.25) is 24.5 Å². The maximum Gasteiger partial charge on any atom is 0.261 e. The number of methoxy groups -OCH3 is 1. The summed E-state index contributed by atoms with van der Waals surface area (Å²) in [5.74, 6) is 6.87. The second-order valence-electron chi connectivity index (χ2n) is 16.5. The van der Waals surface area contributed by atoms with E-state index in [9.17, 15) is 23.6 Å². The summed E-state index contributed by atoms with van der Waals surface area (Å²) in [6, 6.07) is 16.1. The van der Waals surface area contributed by atoms with Crippen LogP contribution in [-0.2, 0) is 22.4 Å². The number of primary amides is 1. The van der Waals surface area contributed by atoms with Crippen molar-refractivity contribution >= 4 is 34.4 Å². The fraction of sp³-hybridized carbons (Fsp3) is 0.438. The number of pyridine rings is 1. The van der Waals surface area contributed by atoms with Crippen molar-refractivity contribution in [3.05, 3.63) is 88.6 Å². The molecule has 3 atom stereocenters. The van der Waals surface area contributed by atoms with Gasteiger partial charge in [0.2, 0.25) is 11.8 Å². The lowest BCUT2D eigenvalue weighted by atomic mass is 9.82. The molecule has 0 radical (unpaired) electrons. The normalized spacial score (nSPS) is 21.0. The van der Waals surface area contributed by atoms with Gasteiger partial charge in [-0.15, -0.1) is 0 Å². The molecule has 7 rings (SSSR count). The van der Waals surface area contributed by atoms with E-state index >= 15 is 0 Å². The Morgan fingerprint density at radius 1 is 0.984 bits per heavy atom. The van der Waals surface area contributed by atoms with Gasteiger partial charge >= 0.3 is 0 Å². The van der Waals surface area contributed by atoms with Crippen LogP contribution in [0.3, 0.4) is 0 Å². The third-order valence-electron chi connectivity index (χ3n) is 12.2. The van der Waals surface area contributed by atoms with E-state index in [0.29, 0.717) is 45.6 Å². The molecule has 2 aliphatic heterocycles. The summed E-state index contributed by atoms with van der Waals surface area (Å²) in [7, 11) is 3.65. The number of imide groups is 1. The Labute approximate surface area is 356 Å². The highest BCUT2D eigenvalue weighted by Gasteiger charge is 2.42. The van der Waals surface area contributed by atoms with Crippen LogP contribution in [0.2, 0.25) is 0 Å². The Kier molecular flexibility index (Phi) is 13.8. The first-order chi connectivity index (χ1) is 29.5. The molecule has 1 aliphatic carbocycles. The lowest BCUT2D eigenvalue weighted by Gasteiger charge is -2.29. The Morgan fingerprint density at radius 2 is 1.77 bits per heavy atom. The Balaban J connectivity index is 0.893. The number of nitrogens with zero attached hydrogens (tertiary/aromatic N) is 2. The number of halogens is 1. The zero-order valence-corrected chi connectivity index (χ0v) is 35.1. The number of fused-ring (bicyclic) bond motifs is 2. The number of carbonyl (C=O) groups is 4. The number of unbranched alkanes of at least 4 members (excludes halogenated alkanes) is 2. The number of nitrogens with one attached hydrogen (secondary N) is 2. The summed E-state index contributed by atoms with van der Waals surface area (Å²) in [4.78, 5) is 55.9. The minimum absolute atomic E-state index is 0.0361. The second-order valence-corrected chi connectivity index (χ2v) is 16.5. The maximum atomic E-state index is 14.4. The van der Waals surface area contributed by atoms with Crippen molar-refractivity contribution in [2.75, 3.05) is 33.9 Å². The molecule has 0 spiro atoms. The number of rotatable bonds is 16. The van der Waals surface area contributed by atoms with E-state index in [1.165, 1.54) is 7.11 Å². The van der Waals surface area contributed by atoms with Crippen LogP contribution in [-0.4, -0.2) is 79.6 Å². The van der Waals surface area contributed by atoms with Crippen LogP contribution in [0.1, 0.15) is 95.7 Å². The number of para-hydroxylation sites is 1. The highest BCUT2D eigenvalue weighted by molar-refractivity contribution is 6.11. The Bertz CT molecular complexity index is 2350. The zero-order chi connectivity index (χ0) is 43.0. The number of hydrogen-bond donors (Lipinski definition) is 3. The van der Waals surface area contributed by atoms with Crippen LogP contribution in [0, 0.1) is 29.6 Å². The molecular formula is C48H54FN5O7. The molecule has 4 amide bonds. The van der Waals surface area contributed by atoms with Gasteiger partial charge in [0, 0.05) is 35.3 Å². The number of hydrogen-bond acceptors (Lipinski definition) is 9. The molecule has 2 fully saturated rings. The largest absolute Gasteiger partial charge is 0.496 e. The first-order valence-corrected chi connectivity index (χ1v) is 21.3. The zero-order valence-electron chi connectivity index (χ0n) is 35.1. The van der Waals surface area contributed by atoms with Gasteiger partial charge in [0.05, 0.1) is 36.3 Å². The molecule has 1 saturated heterocycles. The molecule has 13 heteroatoms. The highest BCUT2D eigenvalue weighted by atomic mass is 19.1. The lowest BCUT2D eigenvalue weighted by Crippen LogP contribution is -2.37. The van der Waals surface area contributed by atoms with Crippen molar-refractivity contribution < 1.29 is 37.8 Å². The number of ether oxygens (including phenoxy) is 3. The predicted molar refractivity (Wildman–Crippen MR) is 229 cm³/mol. The lowest BCUT2D eigenvalue weighted by molar-refractivity contribution is -0.124.